The first-order valence-corrected chi connectivity index (χ1v) is 4.30. The van der Waals surface area contributed by atoms with Gasteiger partial charge in [-0.25, -0.2) is 0 Å². The summed E-state index contributed by atoms with van der Waals surface area (Å²) in [5.41, 5.74) is 0. The molecule has 0 radical (unpaired) electrons. The topological polar surface area (TPSA) is 27.7 Å². The monoisotopic (exact) mass is 162 g/mol. The predicted molar refractivity (Wildman–Crippen MR) is 39.1 cm³/mol. The van der Waals surface area contributed by atoms with Gasteiger partial charge >= 0.3 is 8.60 Å². The van der Waals surface area contributed by atoms with Crippen molar-refractivity contribution in [2.75, 3.05) is 6.61 Å². The summed E-state index contributed by atoms with van der Waals surface area (Å²) in [6.07, 6.45) is 0. The minimum Gasteiger partial charge on any atom is -0.419 e. The molecule has 58 valence electrons. The van der Waals surface area contributed by atoms with Crippen LogP contribution in [0.2, 0.25) is 0 Å². The van der Waals surface area contributed by atoms with Gasteiger partial charge in [-0.05, 0) is 20.8 Å². The molecule has 10 heavy (non-hydrogen) atoms. The van der Waals surface area contributed by atoms with Gasteiger partial charge in [0, 0.05) is 0 Å². The summed E-state index contributed by atoms with van der Waals surface area (Å²) < 4.78 is 15.6. The van der Waals surface area contributed by atoms with Crippen molar-refractivity contribution in [1.29, 1.82) is 0 Å². The van der Waals surface area contributed by atoms with Gasteiger partial charge in [0.25, 0.3) is 0 Å². The summed E-state index contributed by atoms with van der Waals surface area (Å²) in [6, 6.07) is 0. The molecule has 1 aliphatic rings. The first-order chi connectivity index (χ1) is 4.74. The molecule has 0 fully saturated rings. The second-order valence-corrected chi connectivity index (χ2v) is 3.01. The molecule has 3 nitrogen and oxygen atoms in total. The fourth-order valence-corrected chi connectivity index (χ4v) is 1.59. The van der Waals surface area contributed by atoms with Crippen LogP contribution in [-0.4, -0.2) is 6.61 Å². The van der Waals surface area contributed by atoms with Gasteiger partial charge in [-0.2, -0.15) is 0 Å². The molecule has 0 aromatic heterocycles. The average molecular weight is 162 g/mol. The molecule has 1 aliphatic heterocycles. The fraction of sp³-hybridized carbons (Fsp3) is 0.667. The number of rotatable bonds is 2. The predicted octanol–water partition coefficient (Wildman–Crippen LogP) is 2.55. The lowest BCUT2D eigenvalue weighted by atomic mass is 10.5. The van der Waals surface area contributed by atoms with Gasteiger partial charge in [-0.15, -0.1) is 0 Å². The van der Waals surface area contributed by atoms with Crippen LogP contribution in [0.4, 0.5) is 0 Å². The van der Waals surface area contributed by atoms with E-state index in [9.17, 15) is 0 Å². The highest BCUT2D eigenvalue weighted by molar-refractivity contribution is 7.42. The highest BCUT2D eigenvalue weighted by Crippen LogP contribution is 2.50. The number of allylic oxidation sites excluding steroid dienone is 2. The molecule has 0 aliphatic carbocycles. The van der Waals surface area contributed by atoms with E-state index in [0.717, 1.165) is 11.5 Å². The molecular formula is C6H11O3P. The second-order valence-electron chi connectivity index (χ2n) is 1.94. The molecule has 0 aromatic rings. The van der Waals surface area contributed by atoms with Crippen molar-refractivity contribution in [2.45, 2.75) is 20.8 Å². The summed E-state index contributed by atoms with van der Waals surface area (Å²) in [4.78, 5) is 0. The van der Waals surface area contributed by atoms with Gasteiger partial charge in [-0.1, -0.05) is 0 Å². The van der Waals surface area contributed by atoms with Crippen molar-refractivity contribution in [3.63, 3.8) is 0 Å². The smallest absolute Gasteiger partial charge is 0.419 e. The van der Waals surface area contributed by atoms with Crippen LogP contribution in [0.25, 0.3) is 0 Å². The summed E-state index contributed by atoms with van der Waals surface area (Å²) in [6.45, 7) is 6.29. The van der Waals surface area contributed by atoms with Crippen molar-refractivity contribution in [3.8, 4) is 0 Å². The molecular weight excluding hydrogens is 151 g/mol. The summed E-state index contributed by atoms with van der Waals surface area (Å²) in [5.74, 6) is 1.67. The van der Waals surface area contributed by atoms with Crippen molar-refractivity contribution in [2.24, 2.45) is 0 Å². The van der Waals surface area contributed by atoms with Gasteiger partial charge in [0.05, 0.1) is 6.61 Å². The normalized spacial score (nSPS) is 19.1. The standard InChI is InChI=1S/C6H11O3P/c1-4-7-10-8-5(2)6(3)9-10/h4H2,1-3H3. The van der Waals surface area contributed by atoms with Crippen LogP contribution < -0.4 is 0 Å². The quantitative estimate of drug-likeness (QED) is 0.584. The minimum atomic E-state index is -1.10. The average Bonchev–Trinajstić information content (AvgIpc) is 2.14. The Morgan fingerprint density at radius 2 is 1.80 bits per heavy atom. The van der Waals surface area contributed by atoms with Crippen LogP contribution in [-0.2, 0) is 13.6 Å². The summed E-state index contributed by atoms with van der Waals surface area (Å²) >= 11 is 0. The zero-order valence-electron chi connectivity index (χ0n) is 6.38. The SMILES string of the molecule is CCOP1OC(C)=C(C)O1. The fourth-order valence-electron chi connectivity index (χ4n) is 0.529. The van der Waals surface area contributed by atoms with Gasteiger partial charge in [0.2, 0.25) is 0 Å². The molecule has 0 unspecified atom stereocenters. The molecule has 1 rings (SSSR count). The molecule has 0 bridgehead atoms. The Morgan fingerprint density at radius 3 is 2.20 bits per heavy atom. The lowest BCUT2D eigenvalue weighted by molar-refractivity contribution is 0.261. The van der Waals surface area contributed by atoms with E-state index in [-0.39, 0.29) is 0 Å². The third kappa shape index (κ3) is 1.61. The highest BCUT2D eigenvalue weighted by Gasteiger charge is 2.24. The van der Waals surface area contributed by atoms with Crippen molar-refractivity contribution in [1.82, 2.24) is 0 Å². The molecule has 0 aromatic carbocycles. The van der Waals surface area contributed by atoms with Gasteiger partial charge in [0.1, 0.15) is 11.5 Å². The Labute approximate surface area is 62.0 Å². The van der Waals surface area contributed by atoms with Crippen molar-refractivity contribution in [3.05, 3.63) is 11.5 Å². The molecule has 0 spiro atoms. The Balaban J connectivity index is 2.36. The van der Waals surface area contributed by atoms with Crippen LogP contribution in [0.1, 0.15) is 20.8 Å². The van der Waals surface area contributed by atoms with E-state index in [1.54, 1.807) is 0 Å². The van der Waals surface area contributed by atoms with E-state index < -0.39 is 8.60 Å². The van der Waals surface area contributed by atoms with Gasteiger partial charge in [-0.3, -0.25) is 4.52 Å². The van der Waals surface area contributed by atoms with E-state index >= 15 is 0 Å². The molecule has 1 heterocycles. The van der Waals surface area contributed by atoms with E-state index in [1.807, 2.05) is 20.8 Å². The number of hydrogen-bond acceptors (Lipinski definition) is 3. The Morgan fingerprint density at radius 1 is 1.30 bits per heavy atom. The van der Waals surface area contributed by atoms with Crippen LogP contribution in [0.3, 0.4) is 0 Å². The molecule has 0 saturated heterocycles. The van der Waals surface area contributed by atoms with Crippen LogP contribution >= 0.6 is 8.60 Å². The third-order valence-electron chi connectivity index (χ3n) is 1.15. The van der Waals surface area contributed by atoms with Gasteiger partial charge in [0.15, 0.2) is 0 Å². The van der Waals surface area contributed by atoms with Gasteiger partial charge < -0.3 is 9.05 Å². The van der Waals surface area contributed by atoms with Crippen molar-refractivity contribution < 1.29 is 13.6 Å². The van der Waals surface area contributed by atoms with Crippen LogP contribution in [0.15, 0.2) is 11.5 Å². The molecule has 0 N–H and O–H groups in total. The third-order valence-corrected chi connectivity index (χ3v) is 2.47. The van der Waals surface area contributed by atoms with E-state index in [1.165, 1.54) is 0 Å². The first kappa shape index (κ1) is 7.83. The van der Waals surface area contributed by atoms with Crippen molar-refractivity contribution >= 4 is 8.60 Å². The Bertz CT molecular complexity index is 141. The van der Waals surface area contributed by atoms with E-state index in [2.05, 4.69) is 0 Å². The molecule has 4 heteroatoms. The zero-order valence-corrected chi connectivity index (χ0v) is 7.27. The zero-order chi connectivity index (χ0) is 7.56. The summed E-state index contributed by atoms with van der Waals surface area (Å²) in [5, 5.41) is 0. The molecule has 0 atom stereocenters. The molecule has 0 saturated carbocycles. The minimum absolute atomic E-state index is 0.631. The van der Waals surface area contributed by atoms with E-state index in [4.69, 9.17) is 13.6 Å². The van der Waals surface area contributed by atoms with Crippen LogP contribution in [0.5, 0.6) is 0 Å². The maximum atomic E-state index is 5.21. The Kier molecular flexibility index (Phi) is 2.52. The lowest BCUT2D eigenvalue weighted by Gasteiger charge is -2.05. The number of hydrogen-bond donors (Lipinski definition) is 0. The maximum absolute atomic E-state index is 5.21. The highest BCUT2D eigenvalue weighted by atomic mass is 31.2. The second kappa shape index (κ2) is 3.22. The first-order valence-electron chi connectivity index (χ1n) is 3.20. The van der Waals surface area contributed by atoms with Crippen LogP contribution in [0, 0.1) is 0 Å². The van der Waals surface area contributed by atoms with E-state index in [0.29, 0.717) is 6.61 Å². The molecule has 0 amide bonds. The lowest BCUT2D eigenvalue weighted by Crippen LogP contribution is -1.83. The Hall–Kier alpha value is -0.270. The summed E-state index contributed by atoms with van der Waals surface area (Å²) in [7, 11) is -1.10. The maximum Gasteiger partial charge on any atom is 0.462 e. The largest absolute Gasteiger partial charge is 0.462 e.